The van der Waals surface area contributed by atoms with Crippen molar-refractivity contribution in [2.45, 2.75) is 20.4 Å². The van der Waals surface area contributed by atoms with Gasteiger partial charge < -0.3 is 4.98 Å². The number of rotatable bonds is 2. The van der Waals surface area contributed by atoms with Crippen molar-refractivity contribution in [1.82, 2.24) is 14.5 Å². The van der Waals surface area contributed by atoms with Gasteiger partial charge in [-0.2, -0.15) is 0 Å². The van der Waals surface area contributed by atoms with Crippen LogP contribution in [0, 0.1) is 13.8 Å². The van der Waals surface area contributed by atoms with Crippen LogP contribution in [0.1, 0.15) is 17.1 Å². The topological polar surface area (TPSA) is 50.7 Å². The average molecular weight is 322 g/mol. The van der Waals surface area contributed by atoms with Gasteiger partial charge in [-0.15, -0.1) is 0 Å². The fourth-order valence-corrected chi connectivity index (χ4v) is 2.82. The molecule has 0 aliphatic carbocycles. The summed E-state index contributed by atoms with van der Waals surface area (Å²) in [6, 6.07) is 7.06. The third kappa shape index (κ3) is 2.57. The Kier molecular flexibility index (Phi) is 3.51. The van der Waals surface area contributed by atoms with Crippen LogP contribution in [0.5, 0.6) is 0 Å². The van der Waals surface area contributed by atoms with Gasteiger partial charge >= 0.3 is 0 Å². The number of nitrogens with one attached hydrogen (secondary N) is 1. The number of aromatic nitrogens is 3. The summed E-state index contributed by atoms with van der Waals surface area (Å²) < 4.78 is 1.62. The van der Waals surface area contributed by atoms with E-state index in [9.17, 15) is 4.79 Å². The number of halogens is 2. The fraction of sp³-hybridized carbons (Fsp3) is 0.200. The maximum Gasteiger partial charge on any atom is 0.263 e. The Balaban J connectivity index is 2.14. The zero-order valence-electron chi connectivity index (χ0n) is 11.6. The first kappa shape index (κ1) is 14.2. The van der Waals surface area contributed by atoms with E-state index in [-0.39, 0.29) is 5.56 Å². The number of fused-ring (bicyclic) bond motifs is 1. The summed E-state index contributed by atoms with van der Waals surface area (Å²) in [6.45, 7) is 4.07. The van der Waals surface area contributed by atoms with Crippen molar-refractivity contribution in [2.75, 3.05) is 0 Å². The van der Waals surface area contributed by atoms with Crippen LogP contribution in [0.3, 0.4) is 0 Å². The Morgan fingerprint density at radius 1 is 1.24 bits per heavy atom. The van der Waals surface area contributed by atoms with E-state index in [1.807, 2.05) is 19.1 Å². The molecule has 4 nitrogen and oxygen atoms in total. The lowest BCUT2D eigenvalue weighted by Crippen LogP contribution is -2.24. The molecule has 0 unspecified atom stereocenters. The van der Waals surface area contributed by atoms with Gasteiger partial charge in [0.2, 0.25) is 0 Å². The third-order valence-electron chi connectivity index (χ3n) is 3.41. The van der Waals surface area contributed by atoms with Gasteiger partial charge in [-0.25, -0.2) is 4.98 Å². The molecule has 108 valence electrons. The Hall–Kier alpha value is -1.78. The maximum atomic E-state index is 12.6. The van der Waals surface area contributed by atoms with Gasteiger partial charge in [-0.05, 0) is 37.6 Å². The van der Waals surface area contributed by atoms with Crippen molar-refractivity contribution in [1.29, 1.82) is 0 Å². The molecule has 3 rings (SSSR count). The molecular weight excluding hydrogens is 309 g/mol. The number of benzene rings is 1. The first-order chi connectivity index (χ1) is 9.95. The first-order valence-electron chi connectivity index (χ1n) is 6.46. The van der Waals surface area contributed by atoms with E-state index in [2.05, 4.69) is 9.97 Å². The number of aromatic amines is 1. The van der Waals surface area contributed by atoms with E-state index >= 15 is 0 Å². The molecule has 0 aliphatic heterocycles. The number of nitrogens with zero attached hydrogens (tertiary/aromatic N) is 2. The minimum absolute atomic E-state index is 0.0760. The molecule has 0 saturated carbocycles. The third-order valence-corrected chi connectivity index (χ3v) is 4.00. The van der Waals surface area contributed by atoms with E-state index in [1.54, 1.807) is 23.6 Å². The Labute approximate surface area is 131 Å². The van der Waals surface area contributed by atoms with Gasteiger partial charge in [0.25, 0.3) is 5.56 Å². The van der Waals surface area contributed by atoms with Gasteiger partial charge in [0.15, 0.2) is 0 Å². The van der Waals surface area contributed by atoms with Crippen LogP contribution in [0.25, 0.3) is 11.0 Å². The predicted molar refractivity (Wildman–Crippen MR) is 85.4 cm³/mol. The largest absolute Gasteiger partial charge is 0.343 e. The molecule has 1 aromatic carbocycles. The molecule has 0 amide bonds. The van der Waals surface area contributed by atoms with Crippen molar-refractivity contribution >= 4 is 34.2 Å². The van der Waals surface area contributed by atoms with Crippen molar-refractivity contribution in [3.05, 3.63) is 61.7 Å². The van der Waals surface area contributed by atoms with Crippen molar-refractivity contribution in [2.24, 2.45) is 0 Å². The second-order valence-electron chi connectivity index (χ2n) is 5.00. The van der Waals surface area contributed by atoms with Crippen LogP contribution >= 0.6 is 23.2 Å². The highest BCUT2D eigenvalue weighted by molar-refractivity contribution is 6.35. The van der Waals surface area contributed by atoms with Gasteiger partial charge in [0.1, 0.15) is 11.5 Å². The molecule has 21 heavy (non-hydrogen) atoms. The average Bonchev–Trinajstić information content (AvgIpc) is 2.77. The molecule has 2 aromatic heterocycles. The number of hydrogen-bond acceptors (Lipinski definition) is 2. The summed E-state index contributed by atoms with van der Waals surface area (Å²) in [7, 11) is 0. The lowest BCUT2D eigenvalue weighted by molar-refractivity contribution is 0.712. The SMILES string of the molecule is Cc1cc2c(=O)n(Cc3ccc(Cl)cc3Cl)c(C)nc2[nH]1. The molecule has 0 fully saturated rings. The summed E-state index contributed by atoms with van der Waals surface area (Å²) in [5, 5.41) is 1.70. The highest BCUT2D eigenvalue weighted by Gasteiger charge is 2.12. The zero-order valence-corrected chi connectivity index (χ0v) is 13.1. The minimum atomic E-state index is -0.0760. The summed E-state index contributed by atoms with van der Waals surface area (Å²) in [5.41, 5.74) is 2.29. The van der Waals surface area contributed by atoms with E-state index in [1.165, 1.54) is 0 Å². The predicted octanol–water partition coefficient (Wildman–Crippen LogP) is 3.70. The van der Waals surface area contributed by atoms with Crippen molar-refractivity contribution in [3.8, 4) is 0 Å². The van der Waals surface area contributed by atoms with Crippen molar-refractivity contribution in [3.63, 3.8) is 0 Å². The molecule has 0 radical (unpaired) electrons. The van der Waals surface area contributed by atoms with E-state index in [4.69, 9.17) is 23.2 Å². The molecule has 0 spiro atoms. The molecular formula is C15H13Cl2N3O. The summed E-state index contributed by atoms with van der Waals surface area (Å²) in [6.07, 6.45) is 0. The summed E-state index contributed by atoms with van der Waals surface area (Å²) in [4.78, 5) is 20.1. The van der Waals surface area contributed by atoms with Gasteiger partial charge in [0, 0.05) is 15.7 Å². The van der Waals surface area contributed by atoms with Crippen LogP contribution in [0.15, 0.2) is 29.1 Å². The molecule has 2 heterocycles. The number of aryl methyl sites for hydroxylation is 2. The molecule has 0 aliphatic rings. The summed E-state index contributed by atoms with van der Waals surface area (Å²) in [5.74, 6) is 0.639. The normalized spacial score (nSPS) is 11.2. The lowest BCUT2D eigenvalue weighted by atomic mass is 10.2. The van der Waals surface area contributed by atoms with Crippen LogP contribution < -0.4 is 5.56 Å². The lowest BCUT2D eigenvalue weighted by Gasteiger charge is -2.11. The highest BCUT2D eigenvalue weighted by atomic mass is 35.5. The van der Waals surface area contributed by atoms with E-state index in [0.29, 0.717) is 33.4 Å². The van der Waals surface area contributed by atoms with E-state index in [0.717, 1.165) is 11.3 Å². The number of H-pyrrole nitrogens is 1. The number of hydrogen-bond donors (Lipinski definition) is 1. The second kappa shape index (κ2) is 5.20. The fourth-order valence-electron chi connectivity index (χ4n) is 2.35. The first-order valence-corrected chi connectivity index (χ1v) is 7.22. The molecule has 0 bridgehead atoms. The molecule has 1 N–H and O–H groups in total. The van der Waals surface area contributed by atoms with Gasteiger partial charge in [0.05, 0.1) is 11.9 Å². The van der Waals surface area contributed by atoms with Crippen LogP contribution in [-0.2, 0) is 6.54 Å². The second-order valence-corrected chi connectivity index (χ2v) is 5.84. The van der Waals surface area contributed by atoms with Crippen LogP contribution in [-0.4, -0.2) is 14.5 Å². The van der Waals surface area contributed by atoms with Crippen LogP contribution in [0.4, 0.5) is 0 Å². The molecule has 0 atom stereocenters. The monoisotopic (exact) mass is 321 g/mol. The molecule has 3 aromatic rings. The standard InChI is InChI=1S/C15H13Cl2N3O/c1-8-5-12-14(18-8)19-9(2)20(15(12)21)7-10-3-4-11(16)6-13(10)17/h3-6,18H,7H2,1-2H3. The zero-order chi connectivity index (χ0) is 15.1. The highest BCUT2D eigenvalue weighted by Crippen LogP contribution is 2.22. The Morgan fingerprint density at radius 2 is 2.00 bits per heavy atom. The van der Waals surface area contributed by atoms with Crippen molar-refractivity contribution < 1.29 is 0 Å². The molecule has 0 saturated heterocycles. The van der Waals surface area contributed by atoms with Crippen LogP contribution in [0.2, 0.25) is 10.0 Å². The Bertz CT molecular complexity index is 896. The minimum Gasteiger partial charge on any atom is -0.343 e. The Morgan fingerprint density at radius 3 is 2.71 bits per heavy atom. The smallest absolute Gasteiger partial charge is 0.263 e. The van der Waals surface area contributed by atoms with E-state index < -0.39 is 0 Å². The molecule has 6 heteroatoms. The van der Waals surface area contributed by atoms with Gasteiger partial charge in [-0.3, -0.25) is 9.36 Å². The summed E-state index contributed by atoms with van der Waals surface area (Å²) >= 11 is 12.1. The van der Waals surface area contributed by atoms with Gasteiger partial charge in [-0.1, -0.05) is 29.3 Å². The maximum absolute atomic E-state index is 12.6. The quantitative estimate of drug-likeness (QED) is 0.782.